The Labute approximate surface area is 83.8 Å². The number of hydrogen-bond donors (Lipinski definition) is 1. The summed E-state index contributed by atoms with van der Waals surface area (Å²) in [5.74, 6) is 2.25. The highest BCUT2D eigenvalue weighted by atomic mass is 35.5. The molecule has 70 valence electrons. The largest absolute Gasteiger partial charge is 0.302 e. The first-order valence-electron chi connectivity index (χ1n) is 3.71. The van der Waals surface area contributed by atoms with Gasteiger partial charge in [0.15, 0.2) is 0 Å². The molecule has 0 aliphatic rings. The van der Waals surface area contributed by atoms with E-state index in [0.29, 0.717) is 13.1 Å². The minimum atomic E-state index is -0.212. The Hall–Kier alpha value is -1.04. The molecule has 0 aliphatic carbocycles. The van der Waals surface area contributed by atoms with Gasteiger partial charge in [0.25, 0.3) is 0 Å². The van der Waals surface area contributed by atoms with E-state index in [1.165, 1.54) is 12.1 Å². The zero-order chi connectivity index (χ0) is 8.81. The van der Waals surface area contributed by atoms with Gasteiger partial charge < -0.3 is 5.32 Å². The van der Waals surface area contributed by atoms with Gasteiger partial charge in [-0.3, -0.25) is 0 Å². The molecule has 1 nitrogen and oxygen atoms in total. The Kier molecular flexibility index (Phi) is 5.96. The number of terminal acetylenes is 1. The van der Waals surface area contributed by atoms with Crippen molar-refractivity contribution in [1.82, 2.24) is 5.32 Å². The molecule has 0 aromatic heterocycles. The van der Waals surface area contributed by atoms with Crippen molar-refractivity contribution in [1.29, 1.82) is 0 Å². The maximum absolute atomic E-state index is 12.4. The third kappa shape index (κ3) is 4.51. The van der Waals surface area contributed by atoms with Crippen LogP contribution in [-0.2, 0) is 6.54 Å². The Morgan fingerprint density at radius 2 is 1.92 bits per heavy atom. The van der Waals surface area contributed by atoms with Crippen LogP contribution >= 0.6 is 12.4 Å². The average molecular weight is 200 g/mol. The molecule has 1 rings (SSSR count). The predicted octanol–water partition coefficient (Wildman–Crippen LogP) is 1.97. The fraction of sp³-hybridized carbons (Fsp3) is 0.200. The van der Waals surface area contributed by atoms with Gasteiger partial charge in [0, 0.05) is 6.54 Å². The number of hydrogen-bond acceptors (Lipinski definition) is 1. The van der Waals surface area contributed by atoms with Gasteiger partial charge in [0.2, 0.25) is 0 Å². The minimum Gasteiger partial charge on any atom is -0.302 e. The van der Waals surface area contributed by atoms with Gasteiger partial charge in [0.1, 0.15) is 5.82 Å². The Morgan fingerprint density at radius 1 is 1.31 bits per heavy atom. The average Bonchev–Trinajstić information content (AvgIpc) is 2.09. The lowest BCUT2D eigenvalue weighted by Crippen LogP contribution is -2.12. The van der Waals surface area contributed by atoms with Crippen LogP contribution in [0.2, 0.25) is 0 Å². The Bertz CT molecular complexity index is 276. The highest BCUT2D eigenvalue weighted by Crippen LogP contribution is 2.01. The van der Waals surface area contributed by atoms with Gasteiger partial charge >= 0.3 is 0 Å². The fourth-order valence-corrected chi connectivity index (χ4v) is 0.881. The zero-order valence-electron chi connectivity index (χ0n) is 7.09. The summed E-state index contributed by atoms with van der Waals surface area (Å²) in [7, 11) is 0. The van der Waals surface area contributed by atoms with Crippen molar-refractivity contribution in [3.8, 4) is 12.3 Å². The van der Waals surface area contributed by atoms with Crippen molar-refractivity contribution in [2.45, 2.75) is 6.54 Å². The molecular formula is C10H11ClFN. The molecular weight excluding hydrogens is 189 g/mol. The molecule has 0 fully saturated rings. The molecule has 0 heterocycles. The van der Waals surface area contributed by atoms with Gasteiger partial charge in [-0.05, 0) is 17.7 Å². The lowest BCUT2D eigenvalue weighted by molar-refractivity contribution is 0.626. The van der Waals surface area contributed by atoms with Crippen LogP contribution in [0.3, 0.4) is 0 Å². The summed E-state index contributed by atoms with van der Waals surface area (Å²) < 4.78 is 12.4. The first-order valence-corrected chi connectivity index (χ1v) is 3.71. The zero-order valence-corrected chi connectivity index (χ0v) is 7.90. The van der Waals surface area contributed by atoms with Crippen LogP contribution in [0.15, 0.2) is 24.3 Å². The maximum atomic E-state index is 12.4. The molecule has 0 aliphatic heterocycles. The molecule has 0 atom stereocenters. The van der Waals surface area contributed by atoms with Gasteiger partial charge in [-0.25, -0.2) is 4.39 Å². The molecule has 0 saturated carbocycles. The summed E-state index contributed by atoms with van der Waals surface area (Å²) in [6.45, 7) is 1.22. The molecule has 1 N–H and O–H groups in total. The van der Waals surface area contributed by atoms with E-state index in [4.69, 9.17) is 6.42 Å². The monoisotopic (exact) mass is 199 g/mol. The van der Waals surface area contributed by atoms with Crippen molar-refractivity contribution in [3.63, 3.8) is 0 Å². The van der Waals surface area contributed by atoms with Crippen molar-refractivity contribution in [2.75, 3.05) is 6.54 Å². The van der Waals surface area contributed by atoms with Crippen LogP contribution in [0, 0.1) is 18.2 Å². The third-order valence-corrected chi connectivity index (χ3v) is 1.47. The summed E-state index contributed by atoms with van der Waals surface area (Å²) in [5.41, 5.74) is 1.03. The number of rotatable bonds is 3. The van der Waals surface area contributed by atoms with Crippen molar-refractivity contribution in [3.05, 3.63) is 35.6 Å². The molecule has 0 radical (unpaired) electrons. The standard InChI is InChI=1S/C10H10FN.ClH/c1-2-7-12-8-9-3-5-10(11)6-4-9;/h1,3-6,12H,7-8H2;1H. The lowest BCUT2D eigenvalue weighted by Gasteiger charge is -1.99. The van der Waals surface area contributed by atoms with Crippen LogP contribution in [-0.4, -0.2) is 6.54 Å². The van der Waals surface area contributed by atoms with Gasteiger partial charge in [-0.2, -0.15) is 0 Å². The molecule has 1 aromatic rings. The molecule has 13 heavy (non-hydrogen) atoms. The van der Waals surface area contributed by atoms with Crippen LogP contribution in [0.25, 0.3) is 0 Å². The topological polar surface area (TPSA) is 12.0 Å². The van der Waals surface area contributed by atoms with E-state index in [9.17, 15) is 4.39 Å². The predicted molar refractivity (Wildman–Crippen MR) is 54.2 cm³/mol. The second kappa shape index (κ2) is 6.47. The molecule has 0 saturated heterocycles. The summed E-state index contributed by atoms with van der Waals surface area (Å²) >= 11 is 0. The molecule has 0 spiro atoms. The van der Waals surface area contributed by atoms with Gasteiger partial charge in [0.05, 0.1) is 6.54 Å². The lowest BCUT2D eigenvalue weighted by atomic mass is 10.2. The second-order valence-corrected chi connectivity index (χ2v) is 2.43. The third-order valence-electron chi connectivity index (χ3n) is 1.47. The first-order chi connectivity index (χ1) is 5.83. The smallest absolute Gasteiger partial charge is 0.123 e. The second-order valence-electron chi connectivity index (χ2n) is 2.43. The fourth-order valence-electron chi connectivity index (χ4n) is 0.881. The van der Waals surface area contributed by atoms with E-state index >= 15 is 0 Å². The summed E-state index contributed by atoms with van der Waals surface area (Å²) in [5, 5.41) is 3.01. The van der Waals surface area contributed by atoms with Crippen LogP contribution in [0.5, 0.6) is 0 Å². The molecule has 0 amide bonds. The van der Waals surface area contributed by atoms with E-state index in [1.54, 1.807) is 12.1 Å². The number of halogens is 2. The van der Waals surface area contributed by atoms with Crippen molar-refractivity contribution in [2.24, 2.45) is 0 Å². The normalized spacial score (nSPS) is 8.62. The molecule has 0 unspecified atom stereocenters. The van der Waals surface area contributed by atoms with Gasteiger partial charge in [-0.15, -0.1) is 18.8 Å². The molecule has 1 aromatic carbocycles. The minimum absolute atomic E-state index is 0. The summed E-state index contributed by atoms with van der Waals surface area (Å²) in [6, 6.07) is 6.34. The van der Waals surface area contributed by atoms with E-state index in [1.807, 2.05) is 0 Å². The number of benzene rings is 1. The van der Waals surface area contributed by atoms with Crippen LogP contribution in [0.1, 0.15) is 5.56 Å². The van der Waals surface area contributed by atoms with E-state index < -0.39 is 0 Å². The number of nitrogens with one attached hydrogen (secondary N) is 1. The van der Waals surface area contributed by atoms with E-state index in [2.05, 4.69) is 11.2 Å². The highest BCUT2D eigenvalue weighted by Gasteiger charge is 1.91. The SMILES string of the molecule is C#CCNCc1ccc(F)cc1.Cl. The summed E-state index contributed by atoms with van der Waals surface area (Å²) in [6.07, 6.45) is 5.04. The highest BCUT2D eigenvalue weighted by molar-refractivity contribution is 5.85. The van der Waals surface area contributed by atoms with E-state index in [-0.39, 0.29) is 18.2 Å². The van der Waals surface area contributed by atoms with Crippen LogP contribution < -0.4 is 5.32 Å². The van der Waals surface area contributed by atoms with Crippen LogP contribution in [0.4, 0.5) is 4.39 Å². The maximum Gasteiger partial charge on any atom is 0.123 e. The Balaban J connectivity index is 0.00000144. The van der Waals surface area contributed by atoms with Crippen molar-refractivity contribution < 1.29 is 4.39 Å². The molecule has 3 heteroatoms. The quantitative estimate of drug-likeness (QED) is 0.580. The molecule has 0 bridgehead atoms. The first kappa shape index (κ1) is 12.0. The Morgan fingerprint density at radius 3 is 2.46 bits per heavy atom. The van der Waals surface area contributed by atoms with Gasteiger partial charge in [-0.1, -0.05) is 18.1 Å². The van der Waals surface area contributed by atoms with E-state index in [0.717, 1.165) is 5.56 Å². The van der Waals surface area contributed by atoms with Crippen molar-refractivity contribution >= 4 is 12.4 Å². The summed E-state index contributed by atoms with van der Waals surface area (Å²) in [4.78, 5) is 0.